The van der Waals surface area contributed by atoms with Crippen LogP contribution in [-0.2, 0) is 32.6 Å². The summed E-state index contributed by atoms with van der Waals surface area (Å²) in [6.07, 6.45) is 0.254. The molecule has 9 heteroatoms. The summed E-state index contributed by atoms with van der Waals surface area (Å²) in [5.41, 5.74) is 1.93. The molecule has 0 spiro atoms. The van der Waals surface area contributed by atoms with Gasteiger partial charge in [0.1, 0.15) is 18.3 Å². The first-order valence-electron chi connectivity index (χ1n) is 15.1. The fourth-order valence-corrected chi connectivity index (χ4v) is 6.38. The van der Waals surface area contributed by atoms with Crippen molar-refractivity contribution in [3.8, 4) is 5.75 Å². The zero-order valence-corrected chi connectivity index (χ0v) is 26.8. The third-order valence-corrected chi connectivity index (χ3v) is 8.97. The first kappa shape index (κ1) is 33.3. The number of hydrogen-bond acceptors (Lipinski definition) is 5. The Balaban J connectivity index is 1.81. The molecule has 0 unspecified atom stereocenters. The van der Waals surface area contributed by atoms with Gasteiger partial charge in [0.2, 0.25) is 11.8 Å². The van der Waals surface area contributed by atoms with Gasteiger partial charge in [-0.15, -0.1) is 0 Å². The number of para-hydroxylation sites is 2. The van der Waals surface area contributed by atoms with Gasteiger partial charge in [0, 0.05) is 19.5 Å². The number of sulfonamides is 1. The molecule has 0 saturated heterocycles. The van der Waals surface area contributed by atoms with Crippen LogP contribution in [0.5, 0.6) is 5.75 Å². The summed E-state index contributed by atoms with van der Waals surface area (Å²) >= 11 is 0. The molecule has 0 fully saturated rings. The molecule has 0 radical (unpaired) electrons. The molecule has 1 N–H and O–H groups in total. The second kappa shape index (κ2) is 15.9. The van der Waals surface area contributed by atoms with Gasteiger partial charge in [-0.1, -0.05) is 105 Å². The molecule has 4 aromatic carbocycles. The summed E-state index contributed by atoms with van der Waals surface area (Å²) < 4.78 is 35.3. The summed E-state index contributed by atoms with van der Waals surface area (Å²) in [5, 5.41) is 3.01. The highest BCUT2D eigenvalue weighted by Crippen LogP contribution is 2.33. The van der Waals surface area contributed by atoms with E-state index >= 15 is 0 Å². The highest BCUT2D eigenvalue weighted by atomic mass is 32.2. The molecule has 1 atom stereocenters. The molecular weight excluding hydrogens is 586 g/mol. The SMILES string of the molecule is CCOc1ccccc1N(CC(=O)N(Cc1ccccc1)[C@@H](Cc1ccccc1)C(=O)NCC(C)C)S(=O)(=O)c1ccccc1. The first-order valence-corrected chi connectivity index (χ1v) is 16.6. The molecule has 0 saturated carbocycles. The average molecular weight is 628 g/mol. The van der Waals surface area contributed by atoms with E-state index in [0.717, 1.165) is 15.4 Å². The molecular formula is C36H41N3O5S. The summed E-state index contributed by atoms with van der Waals surface area (Å²) in [4.78, 5) is 29.9. The van der Waals surface area contributed by atoms with E-state index < -0.39 is 28.5 Å². The summed E-state index contributed by atoms with van der Waals surface area (Å²) in [7, 11) is -4.22. The van der Waals surface area contributed by atoms with E-state index in [-0.39, 0.29) is 35.4 Å². The number of hydrogen-bond donors (Lipinski definition) is 1. The van der Waals surface area contributed by atoms with E-state index in [0.29, 0.717) is 18.9 Å². The van der Waals surface area contributed by atoms with Crippen molar-refractivity contribution in [1.29, 1.82) is 0 Å². The zero-order chi connectivity index (χ0) is 32.2. The maximum atomic E-state index is 14.6. The Bertz CT molecular complexity index is 1630. The molecule has 4 rings (SSSR count). The highest BCUT2D eigenvalue weighted by Gasteiger charge is 2.35. The Morgan fingerprint density at radius 1 is 0.778 bits per heavy atom. The van der Waals surface area contributed by atoms with Gasteiger partial charge < -0.3 is 15.0 Å². The van der Waals surface area contributed by atoms with Crippen molar-refractivity contribution in [3.63, 3.8) is 0 Å². The molecule has 0 bridgehead atoms. The van der Waals surface area contributed by atoms with Gasteiger partial charge in [-0.05, 0) is 48.2 Å². The second-order valence-electron chi connectivity index (χ2n) is 11.1. The predicted molar refractivity (Wildman–Crippen MR) is 177 cm³/mol. The van der Waals surface area contributed by atoms with E-state index in [1.807, 2.05) is 81.4 Å². The Morgan fingerprint density at radius 2 is 1.33 bits per heavy atom. The van der Waals surface area contributed by atoms with Crippen LogP contribution in [-0.4, -0.2) is 50.9 Å². The lowest BCUT2D eigenvalue weighted by Gasteiger charge is -2.34. The van der Waals surface area contributed by atoms with Crippen LogP contribution in [0.2, 0.25) is 0 Å². The van der Waals surface area contributed by atoms with E-state index in [1.54, 1.807) is 42.5 Å². The van der Waals surface area contributed by atoms with Gasteiger partial charge in [0.25, 0.3) is 10.0 Å². The average Bonchev–Trinajstić information content (AvgIpc) is 3.06. The summed E-state index contributed by atoms with van der Waals surface area (Å²) in [6.45, 7) is 6.12. The van der Waals surface area contributed by atoms with Crippen LogP contribution in [0.3, 0.4) is 0 Å². The van der Waals surface area contributed by atoms with Crippen molar-refractivity contribution >= 4 is 27.5 Å². The highest BCUT2D eigenvalue weighted by molar-refractivity contribution is 7.92. The van der Waals surface area contributed by atoms with Crippen molar-refractivity contribution in [2.45, 2.75) is 44.7 Å². The number of amides is 2. The summed E-state index contributed by atoms with van der Waals surface area (Å²) in [6, 6.07) is 32.7. The first-order chi connectivity index (χ1) is 21.7. The number of nitrogens with one attached hydrogen (secondary N) is 1. The second-order valence-corrected chi connectivity index (χ2v) is 12.9. The summed E-state index contributed by atoms with van der Waals surface area (Å²) in [5.74, 6) is -0.294. The fourth-order valence-electron chi connectivity index (χ4n) is 4.93. The van der Waals surface area contributed by atoms with Crippen LogP contribution < -0.4 is 14.4 Å². The van der Waals surface area contributed by atoms with Gasteiger partial charge in [0.15, 0.2) is 0 Å². The normalized spacial score (nSPS) is 11.9. The molecule has 236 valence electrons. The minimum absolute atomic E-state index is 0.0363. The third-order valence-electron chi connectivity index (χ3n) is 7.20. The molecule has 0 aromatic heterocycles. The van der Waals surface area contributed by atoms with Crippen molar-refractivity contribution in [2.24, 2.45) is 5.92 Å². The van der Waals surface area contributed by atoms with Gasteiger partial charge in [-0.3, -0.25) is 13.9 Å². The minimum Gasteiger partial charge on any atom is -0.492 e. The lowest BCUT2D eigenvalue weighted by atomic mass is 10.0. The van der Waals surface area contributed by atoms with Gasteiger partial charge >= 0.3 is 0 Å². The topological polar surface area (TPSA) is 96.0 Å². The maximum absolute atomic E-state index is 14.6. The van der Waals surface area contributed by atoms with Gasteiger partial charge in [-0.25, -0.2) is 8.42 Å². The van der Waals surface area contributed by atoms with E-state index in [9.17, 15) is 18.0 Å². The lowest BCUT2D eigenvalue weighted by Crippen LogP contribution is -2.53. The van der Waals surface area contributed by atoms with Crippen molar-refractivity contribution < 1.29 is 22.7 Å². The largest absolute Gasteiger partial charge is 0.492 e. The fraction of sp³-hybridized carbons (Fsp3) is 0.278. The maximum Gasteiger partial charge on any atom is 0.264 e. The molecule has 0 aliphatic heterocycles. The van der Waals surface area contributed by atoms with Crippen molar-refractivity contribution in [1.82, 2.24) is 10.2 Å². The lowest BCUT2D eigenvalue weighted by molar-refractivity contribution is -0.140. The van der Waals surface area contributed by atoms with E-state index in [4.69, 9.17) is 4.74 Å². The number of ether oxygens (including phenoxy) is 1. The number of rotatable bonds is 15. The van der Waals surface area contributed by atoms with Crippen LogP contribution >= 0.6 is 0 Å². The van der Waals surface area contributed by atoms with Gasteiger partial charge in [-0.2, -0.15) is 0 Å². The van der Waals surface area contributed by atoms with Crippen LogP contribution in [0.4, 0.5) is 5.69 Å². The monoisotopic (exact) mass is 627 g/mol. The quantitative estimate of drug-likeness (QED) is 0.183. The Morgan fingerprint density at radius 3 is 1.93 bits per heavy atom. The standard InChI is InChI=1S/C36H41N3O5S/c1-4-44-34-23-15-14-22-32(34)39(45(42,43)31-20-12-7-13-21-31)27-35(40)38(26-30-18-10-6-11-19-30)33(36(41)37-25-28(2)3)24-29-16-8-5-9-17-29/h5-23,28,33H,4,24-27H2,1-3H3,(H,37,41)/t33-/m0/s1. The number of benzene rings is 4. The van der Waals surface area contributed by atoms with Crippen molar-refractivity contribution in [3.05, 3.63) is 126 Å². The van der Waals surface area contributed by atoms with E-state index in [2.05, 4.69) is 5.32 Å². The molecule has 0 aliphatic carbocycles. The van der Waals surface area contributed by atoms with Crippen LogP contribution in [0.1, 0.15) is 31.9 Å². The smallest absolute Gasteiger partial charge is 0.264 e. The van der Waals surface area contributed by atoms with Crippen LogP contribution in [0.25, 0.3) is 0 Å². The molecule has 8 nitrogen and oxygen atoms in total. The number of anilines is 1. The molecule has 0 heterocycles. The number of carbonyl (C=O) groups is 2. The minimum atomic E-state index is -4.22. The zero-order valence-electron chi connectivity index (χ0n) is 26.0. The van der Waals surface area contributed by atoms with Crippen LogP contribution in [0.15, 0.2) is 120 Å². The predicted octanol–water partition coefficient (Wildman–Crippen LogP) is 5.69. The van der Waals surface area contributed by atoms with Crippen molar-refractivity contribution in [2.75, 3.05) is 24.0 Å². The van der Waals surface area contributed by atoms with Crippen LogP contribution in [0, 0.1) is 5.92 Å². The Labute approximate surface area is 266 Å². The molecule has 0 aliphatic rings. The van der Waals surface area contributed by atoms with Gasteiger partial charge in [0.05, 0.1) is 17.2 Å². The Kier molecular flexibility index (Phi) is 11.8. The van der Waals surface area contributed by atoms with E-state index in [1.165, 1.54) is 17.0 Å². The molecule has 2 amide bonds. The Hall–Kier alpha value is -4.63. The molecule has 45 heavy (non-hydrogen) atoms. The number of carbonyl (C=O) groups excluding carboxylic acids is 2. The molecule has 4 aromatic rings. The number of nitrogens with zero attached hydrogens (tertiary/aromatic N) is 2. The third kappa shape index (κ3) is 8.95.